The highest BCUT2D eigenvalue weighted by Gasteiger charge is 2.19. The number of hydrogen-bond acceptors (Lipinski definition) is 5. The molecule has 0 saturated heterocycles. The van der Waals surface area contributed by atoms with Crippen LogP contribution in [0.1, 0.15) is 15.9 Å². The third-order valence-corrected chi connectivity index (χ3v) is 2.90. The average Bonchev–Trinajstić information content (AvgIpc) is 2.53. The number of pyridine rings is 1. The molecule has 0 fully saturated rings. The molecule has 0 bridgehead atoms. The van der Waals surface area contributed by atoms with Gasteiger partial charge >= 0.3 is 0 Å². The predicted octanol–water partition coefficient (Wildman–Crippen LogP) is 2.70. The number of ether oxygens (including phenoxy) is 2. The summed E-state index contributed by atoms with van der Waals surface area (Å²) in [6, 6.07) is 6.70. The molecule has 1 aromatic heterocycles. The second-order valence-corrected chi connectivity index (χ2v) is 4.18. The first kappa shape index (κ1) is 14.6. The zero-order valence-corrected chi connectivity index (χ0v) is 11.7. The number of ketones is 1. The zero-order valence-electron chi connectivity index (χ0n) is 11.7. The molecule has 0 spiro atoms. The van der Waals surface area contributed by atoms with E-state index in [2.05, 4.69) is 4.98 Å². The molecular weight excluding hydrogens is 270 g/mol. The molecule has 0 aliphatic heterocycles. The van der Waals surface area contributed by atoms with Gasteiger partial charge in [0.25, 0.3) is 0 Å². The van der Waals surface area contributed by atoms with E-state index in [9.17, 15) is 9.90 Å². The Balaban J connectivity index is 2.36. The van der Waals surface area contributed by atoms with E-state index in [-0.39, 0.29) is 28.6 Å². The van der Waals surface area contributed by atoms with Crippen molar-refractivity contribution in [1.29, 1.82) is 0 Å². The zero-order chi connectivity index (χ0) is 15.2. The average molecular weight is 285 g/mol. The number of aromatic nitrogens is 1. The molecule has 0 saturated carbocycles. The maximum atomic E-state index is 12.3. The van der Waals surface area contributed by atoms with Crippen LogP contribution in [0.5, 0.6) is 17.2 Å². The molecule has 0 radical (unpaired) electrons. The van der Waals surface area contributed by atoms with Crippen molar-refractivity contribution in [3.8, 4) is 17.2 Å². The molecule has 0 unspecified atom stereocenters. The van der Waals surface area contributed by atoms with Crippen LogP contribution in [0, 0.1) is 0 Å². The maximum Gasteiger partial charge on any atom is 0.193 e. The lowest BCUT2D eigenvalue weighted by atomic mass is 10.1. The van der Waals surface area contributed by atoms with Crippen molar-refractivity contribution >= 4 is 11.9 Å². The Morgan fingerprint density at radius 2 is 1.90 bits per heavy atom. The van der Waals surface area contributed by atoms with Crippen LogP contribution < -0.4 is 9.47 Å². The predicted molar refractivity (Wildman–Crippen MR) is 78.8 cm³/mol. The Morgan fingerprint density at radius 1 is 1.19 bits per heavy atom. The summed E-state index contributed by atoms with van der Waals surface area (Å²) in [5.41, 5.74) is 0.851. The molecule has 108 valence electrons. The lowest BCUT2D eigenvalue weighted by molar-refractivity contribution is 0.104. The molecule has 0 aliphatic carbocycles. The molecule has 5 nitrogen and oxygen atoms in total. The molecule has 1 aromatic carbocycles. The summed E-state index contributed by atoms with van der Waals surface area (Å²) in [7, 11) is 2.85. The molecule has 0 atom stereocenters. The summed E-state index contributed by atoms with van der Waals surface area (Å²) in [4.78, 5) is 16.2. The Labute approximate surface area is 122 Å². The SMILES string of the molecule is COc1ccc(OC)c(C(=O)/C=C\c2cccnc2)c1O. The highest BCUT2D eigenvalue weighted by molar-refractivity contribution is 6.11. The van der Waals surface area contributed by atoms with Crippen LogP contribution in [-0.4, -0.2) is 30.1 Å². The third kappa shape index (κ3) is 3.20. The van der Waals surface area contributed by atoms with Crippen LogP contribution in [-0.2, 0) is 0 Å². The fraction of sp³-hybridized carbons (Fsp3) is 0.125. The van der Waals surface area contributed by atoms with Gasteiger partial charge in [0, 0.05) is 12.4 Å². The third-order valence-electron chi connectivity index (χ3n) is 2.90. The fourth-order valence-corrected chi connectivity index (χ4v) is 1.86. The van der Waals surface area contributed by atoms with E-state index in [1.807, 2.05) is 6.07 Å². The number of nitrogens with zero attached hydrogens (tertiary/aromatic N) is 1. The van der Waals surface area contributed by atoms with Crippen molar-refractivity contribution in [2.45, 2.75) is 0 Å². The van der Waals surface area contributed by atoms with Crippen LogP contribution in [0.2, 0.25) is 0 Å². The number of aromatic hydroxyl groups is 1. The number of hydrogen-bond donors (Lipinski definition) is 1. The number of phenolic OH excluding ortho intramolecular Hbond substituents is 1. The minimum absolute atomic E-state index is 0.0667. The highest BCUT2D eigenvalue weighted by atomic mass is 16.5. The number of carbonyl (C=O) groups excluding carboxylic acids is 1. The number of carbonyl (C=O) groups is 1. The number of methoxy groups -OCH3 is 2. The number of phenols is 1. The molecule has 1 heterocycles. The topological polar surface area (TPSA) is 68.7 Å². The number of rotatable bonds is 5. The van der Waals surface area contributed by atoms with Crippen LogP contribution in [0.3, 0.4) is 0 Å². The quantitative estimate of drug-likeness (QED) is 0.675. The van der Waals surface area contributed by atoms with Gasteiger partial charge in [0.15, 0.2) is 17.3 Å². The Hall–Kier alpha value is -2.82. The summed E-state index contributed by atoms with van der Waals surface area (Å²) in [6.45, 7) is 0. The van der Waals surface area contributed by atoms with Crippen molar-refractivity contribution < 1.29 is 19.4 Å². The first-order valence-corrected chi connectivity index (χ1v) is 6.23. The fourth-order valence-electron chi connectivity index (χ4n) is 1.86. The Morgan fingerprint density at radius 3 is 2.52 bits per heavy atom. The van der Waals surface area contributed by atoms with Crippen molar-refractivity contribution in [3.63, 3.8) is 0 Å². The normalized spacial score (nSPS) is 10.6. The monoisotopic (exact) mass is 285 g/mol. The first-order valence-electron chi connectivity index (χ1n) is 6.23. The van der Waals surface area contributed by atoms with Gasteiger partial charge in [-0.15, -0.1) is 0 Å². The van der Waals surface area contributed by atoms with E-state index < -0.39 is 0 Å². The van der Waals surface area contributed by atoms with Gasteiger partial charge in [0.1, 0.15) is 11.3 Å². The molecule has 1 N–H and O–H groups in total. The van der Waals surface area contributed by atoms with Crippen molar-refractivity contribution in [2.75, 3.05) is 14.2 Å². The molecule has 2 aromatic rings. The largest absolute Gasteiger partial charge is 0.504 e. The Bertz CT molecular complexity index is 665. The van der Waals surface area contributed by atoms with Crippen LogP contribution in [0.4, 0.5) is 0 Å². The summed E-state index contributed by atoms with van der Waals surface area (Å²) in [5.74, 6) is -0.118. The smallest absolute Gasteiger partial charge is 0.193 e. The molecule has 0 amide bonds. The van der Waals surface area contributed by atoms with Crippen molar-refractivity contribution in [3.05, 3.63) is 53.9 Å². The van der Waals surface area contributed by atoms with E-state index in [0.717, 1.165) is 5.56 Å². The summed E-state index contributed by atoms with van der Waals surface area (Å²) < 4.78 is 10.1. The van der Waals surface area contributed by atoms with Gasteiger partial charge in [-0.3, -0.25) is 9.78 Å². The molecule has 0 aliphatic rings. The van der Waals surface area contributed by atoms with Crippen molar-refractivity contribution in [1.82, 2.24) is 4.98 Å². The number of allylic oxidation sites excluding steroid dienone is 1. The lowest BCUT2D eigenvalue weighted by Crippen LogP contribution is -2.01. The summed E-state index contributed by atoms with van der Waals surface area (Å²) in [6.07, 6.45) is 6.25. The van der Waals surface area contributed by atoms with E-state index >= 15 is 0 Å². The highest BCUT2D eigenvalue weighted by Crippen LogP contribution is 2.36. The van der Waals surface area contributed by atoms with E-state index in [1.165, 1.54) is 26.4 Å². The first-order chi connectivity index (χ1) is 10.2. The van der Waals surface area contributed by atoms with Gasteiger partial charge in [-0.2, -0.15) is 0 Å². The van der Waals surface area contributed by atoms with Gasteiger partial charge in [-0.05, 0) is 35.9 Å². The lowest BCUT2D eigenvalue weighted by Gasteiger charge is -2.11. The van der Waals surface area contributed by atoms with Gasteiger partial charge in [0.2, 0.25) is 0 Å². The van der Waals surface area contributed by atoms with Gasteiger partial charge in [0.05, 0.1) is 14.2 Å². The minimum Gasteiger partial charge on any atom is -0.504 e. The Kier molecular flexibility index (Phi) is 4.56. The van der Waals surface area contributed by atoms with E-state index in [0.29, 0.717) is 0 Å². The molecule has 21 heavy (non-hydrogen) atoms. The van der Waals surface area contributed by atoms with Gasteiger partial charge in [-0.1, -0.05) is 6.07 Å². The number of benzene rings is 1. The second kappa shape index (κ2) is 6.56. The maximum absolute atomic E-state index is 12.3. The second-order valence-electron chi connectivity index (χ2n) is 4.18. The van der Waals surface area contributed by atoms with Crippen molar-refractivity contribution in [2.24, 2.45) is 0 Å². The summed E-state index contributed by atoms with van der Waals surface area (Å²) >= 11 is 0. The minimum atomic E-state index is -0.382. The molecular formula is C16H15NO4. The van der Waals surface area contributed by atoms with Crippen LogP contribution in [0.15, 0.2) is 42.7 Å². The molecule has 2 rings (SSSR count). The summed E-state index contributed by atoms with van der Waals surface area (Å²) in [5, 5.41) is 10.1. The van der Waals surface area contributed by atoms with Gasteiger partial charge < -0.3 is 14.6 Å². The van der Waals surface area contributed by atoms with Gasteiger partial charge in [-0.25, -0.2) is 0 Å². The van der Waals surface area contributed by atoms with E-state index in [4.69, 9.17) is 9.47 Å². The van der Waals surface area contributed by atoms with E-state index in [1.54, 1.807) is 30.6 Å². The van der Waals surface area contributed by atoms with Crippen LogP contribution in [0.25, 0.3) is 6.08 Å². The molecule has 5 heteroatoms. The van der Waals surface area contributed by atoms with Crippen LogP contribution >= 0.6 is 0 Å². The standard InChI is InChI=1S/C16H15NO4/c1-20-13-7-8-14(21-2)16(19)15(13)12(18)6-5-11-4-3-9-17-10-11/h3-10,19H,1-2H3/b6-5-.